The van der Waals surface area contributed by atoms with E-state index in [9.17, 15) is 0 Å². The van der Waals surface area contributed by atoms with Crippen LogP contribution in [-0.2, 0) is 6.42 Å². The standard InChI is InChI=1S/C12H18ClNO2/c1-3-16-12-9(5-4-8-14)10(13)6-7-11(12)15-2/h6-7H,3-5,8,14H2,1-2H3. The molecular formula is C12H18ClNO2. The molecule has 0 aromatic heterocycles. The van der Waals surface area contributed by atoms with Gasteiger partial charge in [0, 0.05) is 10.6 Å². The topological polar surface area (TPSA) is 44.5 Å². The van der Waals surface area contributed by atoms with Crippen molar-refractivity contribution < 1.29 is 9.47 Å². The van der Waals surface area contributed by atoms with Gasteiger partial charge in [-0.15, -0.1) is 0 Å². The fourth-order valence-corrected chi connectivity index (χ4v) is 1.80. The molecule has 0 atom stereocenters. The molecule has 0 radical (unpaired) electrons. The molecule has 0 amide bonds. The molecule has 0 aliphatic heterocycles. The first-order chi connectivity index (χ1) is 7.74. The predicted molar refractivity (Wildman–Crippen MR) is 66.5 cm³/mol. The Balaban J connectivity index is 3.08. The lowest BCUT2D eigenvalue weighted by molar-refractivity contribution is 0.307. The minimum atomic E-state index is 0.590. The average Bonchev–Trinajstić information content (AvgIpc) is 2.29. The molecule has 0 saturated heterocycles. The molecule has 1 aromatic carbocycles. The first-order valence-corrected chi connectivity index (χ1v) is 5.80. The third-order valence-electron chi connectivity index (χ3n) is 2.31. The van der Waals surface area contributed by atoms with E-state index < -0.39 is 0 Å². The van der Waals surface area contributed by atoms with E-state index >= 15 is 0 Å². The van der Waals surface area contributed by atoms with E-state index in [0.29, 0.717) is 18.2 Å². The normalized spacial score (nSPS) is 10.2. The van der Waals surface area contributed by atoms with Crippen molar-refractivity contribution in [1.29, 1.82) is 0 Å². The molecule has 0 aliphatic carbocycles. The number of benzene rings is 1. The summed E-state index contributed by atoms with van der Waals surface area (Å²) in [7, 11) is 1.62. The van der Waals surface area contributed by atoms with Crippen molar-refractivity contribution in [2.75, 3.05) is 20.3 Å². The Morgan fingerprint density at radius 2 is 2.12 bits per heavy atom. The number of halogens is 1. The lowest BCUT2D eigenvalue weighted by atomic mass is 10.1. The van der Waals surface area contributed by atoms with Crippen LogP contribution in [-0.4, -0.2) is 20.3 Å². The maximum absolute atomic E-state index is 6.15. The molecule has 0 saturated carbocycles. The number of rotatable bonds is 6. The molecule has 2 N–H and O–H groups in total. The zero-order valence-corrected chi connectivity index (χ0v) is 10.5. The van der Waals surface area contributed by atoms with Gasteiger partial charge in [-0.1, -0.05) is 11.6 Å². The van der Waals surface area contributed by atoms with E-state index in [1.807, 2.05) is 19.1 Å². The second-order valence-corrected chi connectivity index (χ2v) is 3.79. The second-order valence-electron chi connectivity index (χ2n) is 3.38. The van der Waals surface area contributed by atoms with Gasteiger partial charge in [0.25, 0.3) is 0 Å². The van der Waals surface area contributed by atoms with Gasteiger partial charge in [0.05, 0.1) is 13.7 Å². The third-order valence-corrected chi connectivity index (χ3v) is 2.66. The summed E-state index contributed by atoms with van der Waals surface area (Å²) < 4.78 is 10.8. The Morgan fingerprint density at radius 3 is 2.69 bits per heavy atom. The Bertz CT molecular complexity index is 342. The summed E-state index contributed by atoms with van der Waals surface area (Å²) >= 11 is 6.15. The summed E-state index contributed by atoms with van der Waals surface area (Å²) in [6, 6.07) is 3.65. The molecule has 90 valence electrons. The van der Waals surface area contributed by atoms with Crippen molar-refractivity contribution in [1.82, 2.24) is 0 Å². The van der Waals surface area contributed by atoms with E-state index in [-0.39, 0.29) is 0 Å². The summed E-state index contributed by atoms with van der Waals surface area (Å²) in [5.74, 6) is 1.46. The van der Waals surface area contributed by atoms with Crippen molar-refractivity contribution >= 4 is 11.6 Å². The van der Waals surface area contributed by atoms with Crippen molar-refractivity contribution in [3.63, 3.8) is 0 Å². The molecule has 0 aliphatic rings. The molecule has 4 heteroatoms. The molecule has 0 heterocycles. The second kappa shape index (κ2) is 6.61. The van der Waals surface area contributed by atoms with Gasteiger partial charge in [-0.25, -0.2) is 0 Å². The van der Waals surface area contributed by atoms with Gasteiger partial charge in [0.1, 0.15) is 0 Å². The van der Waals surface area contributed by atoms with E-state index in [2.05, 4.69) is 0 Å². The van der Waals surface area contributed by atoms with E-state index in [1.54, 1.807) is 7.11 Å². The molecule has 1 aromatic rings. The summed E-state index contributed by atoms with van der Waals surface area (Å²) in [6.07, 6.45) is 1.69. The Morgan fingerprint density at radius 1 is 1.38 bits per heavy atom. The Kier molecular flexibility index (Phi) is 5.43. The van der Waals surface area contributed by atoms with Crippen LogP contribution in [0, 0.1) is 0 Å². The predicted octanol–water partition coefficient (Wildman–Crippen LogP) is 2.64. The third kappa shape index (κ3) is 3.03. The molecule has 0 bridgehead atoms. The van der Waals surface area contributed by atoms with Crippen LogP contribution in [0.1, 0.15) is 18.9 Å². The van der Waals surface area contributed by atoms with E-state index in [4.69, 9.17) is 26.8 Å². The van der Waals surface area contributed by atoms with Gasteiger partial charge in [0.2, 0.25) is 0 Å². The van der Waals surface area contributed by atoms with Crippen LogP contribution in [0.2, 0.25) is 5.02 Å². The fourth-order valence-electron chi connectivity index (χ4n) is 1.56. The largest absolute Gasteiger partial charge is 0.493 e. The maximum atomic E-state index is 6.15. The fraction of sp³-hybridized carbons (Fsp3) is 0.500. The highest BCUT2D eigenvalue weighted by Gasteiger charge is 2.13. The van der Waals surface area contributed by atoms with E-state index in [0.717, 1.165) is 29.9 Å². The molecule has 3 nitrogen and oxygen atoms in total. The SMILES string of the molecule is CCOc1c(OC)ccc(Cl)c1CCCN. The number of ether oxygens (including phenoxy) is 2. The smallest absolute Gasteiger partial charge is 0.165 e. The van der Waals surface area contributed by atoms with Crippen LogP contribution in [0.5, 0.6) is 11.5 Å². The van der Waals surface area contributed by atoms with Gasteiger partial charge < -0.3 is 15.2 Å². The molecule has 0 spiro atoms. The minimum absolute atomic E-state index is 0.590. The van der Waals surface area contributed by atoms with Crippen LogP contribution in [0.25, 0.3) is 0 Å². The Labute approximate surface area is 101 Å². The van der Waals surface area contributed by atoms with Crippen molar-refractivity contribution in [3.05, 3.63) is 22.7 Å². The van der Waals surface area contributed by atoms with Gasteiger partial charge in [-0.2, -0.15) is 0 Å². The van der Waals surface area contributed by atoms with Crippen LogP contribution in [0.15, 0.2) is 12.1 Å². The minimum Gasteiger partial charge on any atom is -0.493 e. The first-order valence-electron chi connectivity index (χ1n) is 5.42. The first kappa shape index (κ1) is 13.1. The zero-order valence-electron chi connectivity index (χ0n) is 9.75. The van der Waals surface area contributed by atoms with Crippen LogP contribution in [0.4, 0.5) is 0 Å². The van der Waals surface area contributed by atoms with Gasteiger partial charge >= 0.3 is 0 Å². The summed E-state index contributed by atoms with van der Waals surface area (Å²) in [4.78, 5) is 0. The van der Waals surface area contributed by atoms with Crippen LogP contribution < -0.4 is 15.2 Å². The summed E-state index contributed by atoms with van der Waals surface area (Å²) in [5.41, 5.74) is 6.49. The average molecular weight is 244 g/mol. The molecule has 0 fully saturated rings. The highest BCUT2D eigenvalue weighted by Crippen LogP contribution is 2.36. The maximum Gasteiger partial charge on any atom is 0.165 e. The zero-order chi connectivity index (χ0) is 12.0. The molecular weight excluding hydrogens is 226 g/mol. The number of hydrogen-bond donors (Lipinski definition) is 1. The van der Waals surface area contributed by atoms with Gasteiger partial charge in [0.15, 0.2) is 11.5 Å². The van der Waals surface area contributed by atoms with Crippen molar-refractivity contribution in [3.8, 4) is 11.5 Å². The number of hydrogen-bond acceptors (Lipinski definition) is 3. The highest BCUT2D eigenvalue weighted by molar-refractivity contribution is 6.31. The quantitative estimate of drug-likeness (QED) is 0.836. The number of nitrogens with two attached hydrogens (primary N) is 1. The van der Waals surface area contributed by atoms with E-state index in [1.165, 1.54) is 0 Å². The lowest BCUT2D eigenvalue weighted by Crippen LogP contribution is -2.04. The van der Waals surface area contributed by atoms with Gasteiger partial charge in [-0.3, -0.25) is 0 Å². The summed E-state index contributed by atoms with van der Waals surface area (Å²) in [6.45, 7) is 3.17. The Hall–Kier alpha value is -0.930. The van der Waals surface area contributed by atoms with Crippen LogP contribution in [0.3, 0.4) is 0 Å². The number of methoxy groups -OCH3 is 1. The highest BCUT2D eigenvalue weighted by atomic mass is 35.5. The molecule has 0 unspecified atom stereocenters. The molecule has 16 heavy (non-hydrogen) atoms. The lowest BCUT2D eigenvalue weighted by Gasteiger charge is -2.15. The van der Waals surface area contributed by atoms with Crippen molar-refractivity contribution in [2.45, 2.75) is 19.8 Å². The van der Waals surface area contributed by atoms with Crippen molar-refractivity contribution in [2.24, 2.45) is 5.73 Å². The summed E-state index contributed by atoms with van der Waals surface area (Å²) in [5, 5.41) is 0.706. The van der Waals surface area contributed by atoms with Crippen LogP contribution >= 0.6 is 11.6 Å². The monoisotopic (exact) mass is 243 g/mol. The van der Waals surface area contributed by atoms with Gasteiger partial charge in [-0.05, 0) is 38.4 Å². The molecule has 1 rings (SSSR count).